The molecule has 4 rings (SSSR count). The van der Waals surface area contributed by atoms with Gasteiger partial charge in [0.05, 0.1) is 5.02 Å². The molecular formula is C18H19ClF3N5O3. The summed E-state index contributed by atoms with van der Waals surface area (Å²) in [5, 5.41) is 9.46. The number of likely N-dealkylation sites (tertiary alicyclic amines) is 1. The fourth-order valence-corrected chi connectivity index (χ4v) is 3.92. The first-order valence-corrected chi connectivity index (χ1v) is 9.85. The fourth-order valence-electron chi connectivity index (χ4n) is 3.66. The number of nitrogens with zero attached hydrogens (tertiary/aromatic N) is 3. The number of halogens is 4. The lowest BCUT2D eigenvalue weighted by Gasteiger charge is -2.33. The number of piperidine rings is 1. The average molecular weight is 446 g/mol. The molecule has 1 amide bonds. The molecular weight excluding hydrogens is 427 g/mol. The topological polar surface area (TPSA) is 104 Å². The standard InChI is InChI=1S/C18H19ClF3N5O3/c1-9(15(29)27-6-4-17(2-3-17)5-7-27)23-16-26-25-14(30-16)10-8-11(19)12(18(20,21)22)24-13(10)28/h8-9H,2-7H2,1H3,(H,23,26)(H,24,28)/t9-/m1/s1. The van der Waals surface area contributed by atoms with Crippen molar-refractivity contribution < 1.29 is 22.4 Å². The van der Waals surface area contributed by atoms with Crippen LogP contribution in [-0.4, -0.2) is 45.1 Å². The molecule has 0 unspecified atom stereocenters. The summed E-state index contributed by atoms with van der Waals surface area (Å²) < 4.78 is 43.8. The van der Waals surface area contributed by atoms with Crippen molar-refractivity contribution in [3.05, 3.63) is 27.1 Å². The van der Waals surface area contributed by atoms with Crippen molar-refractivity contribution in [2.75, 3.05) is 18.4 Å². The molecule has 2 N–H and O–H groups in total. The SMILES string of the molecule is C[C@@H](Nc1nnc(-c2cc(Cl)c(C(F)(F)F)[nH]c2=O)o1)C(=O)N1CCC2(CC1)CC2. The summed E-state index contributed by atoms with van der Waals surface area (Å²) in [6, 6.07) is 0.0364. The number of carbonyl (C=O) groups is 1. The van der Waals surface area contributed by atoms with Gasteiger partial charge in [0, 0.05) is 13.1 Å². The van der Waals surface area contributed by atoms with E-state index < -0.39 is 28.5 Å². The molecule has 1 atom stereocenters. The van der Waals surface area contributed by atoms with Crippen LogP contribution in [0.4, 0.5) is 19.2 Å². The summed E-state index contributed by atoms with van der Waals surface area (Å²) in [6.07, 6.45) is -0.317. The van der Waals surface area contributed by atoms with Crippen LogP contribution < -0.4 is 10.9 Å². The van der Waals surface area contributed by atoms with Crippen LogP contribution >= 0.6 is 11.6 Å². The van der Waals surface area contributed by atoms with Crippen molar-refractivity contribution in [3.63, 3.8) is 0 Å². The molecule has 2 aromatic rings. The lowest BCUT2D eigenvalue weighted by Crippen LogP contribution is -2.45. The number of aromatic amines is 1. The second-order valence-corrected chi connectivity index (χ2v) is 8.24. The Morgan fingerprint density at radius 2 is 1.97 bits per heavy atom. The number of hydrogen-bond acceptors (Lipinski definition) is 6. The highest BCUT2D eigenvalue weighted by molar-refractivity contribution is 6.31. The second kappa shape index (κ2) is 7.29. The van der Waals surface area contributed by atoms with Crippen LogP contribution in [0.2, 0.25) is 5.02 Å². The van der Waals surface area contributed by atoms with Crippen LogP contribution in [0.3, 0.4) is 0 Å². The Labute approximate surface area is 173 Å². The number of anilines is 1. The molecule has 2 fully saturated rings. The van der Waals surface area contributed by atoms with Crippen molar-refractivity contribution in [1.29, 1.82) is 0 Å². The predicted molar refractivity (Wildman–Crippen MR) is 101 cm³/mol. The van der Waals surface area contributed by atoms with Gasteiger partial charge in [0.25, 0.3) is 11.4 Å². The lowest BCUT2D eigenvalue weighted by atomic mass is 9.93. The van der Waals surface area contributed by atoms with E-state index in [0.29, 0.717) is 18.5 Å². The van der Waals surface area contributed by atoms with E-state index in [9.17, 15) is 22.8 Å². The van der Waals surface area contributed by atoms with Gasteiger partial charge in [-0.25, -0.2) is 0 Å². The zero-order chi connectivity index (χ0) is 21.7. The molecule has 0 aromatic carbocycles. The monoisotopic (exact) mass is 445 g/mol. The van der Waals surface area contributed by atoms with E-state index in [1.54, 1.807) is 16.8 Å². The Morgan fingerprint density at radius 3 is 2.57 bits per heavy atom. The van der Waals surface area contributed by atoms with E-state index in [4.69, 9.17) is 16.0 Å². The Morgan fingerprint density at radius 1 is 1.30 bits per heavy atom. The van der Waals surface area contributed by atoms with Gasteiger partial charge < -0.3 is 19.6 Å². The van der Waals surface area contributed by atoms with Gasteiger partial charge in [-0.3, -0.25) is 9.59 Å². The quantitative estimate of drug-likeness (QED) is 0.748. The molecule has 8 nitrogen and oxygen atoms in total. The predicted octanol–water partition coefficient (Wildman–Crippen LogP) is 3.30. The fraction of sp³-hybridized carbons (Fsp3) is 0.556. The first-order chi connectivity index (χ1) is 14.1. The smallest absolute Gasteiger partial charge is 0.403 e. The number of pyridine rings is 1. The van der Waals surface area contributed by atoms with Crippen LogP contribution in [0.5, 0.6) is 0 Å². The highest BCUT2D eigenvalue weighted by atomic mass is 35.5. The molecule has 1 saturated carbocycles. The number of alkyl halides is 3. The minimum absolute atomic E-state index is 0.110. The van der Waals surface area contributed by atoms with E-state index in [0.717, 1.165) is 18.9 Å². The molecule has 12 heteroatoms. The molecule has 3 heterocycles. The number of carbonyl (C=O) groups excluding carboxylic acids is 1. The van der Waals surface area contributed by atoms with Gasteiger partial charge in [-0.1, -0.05) is 16.7 Å². The normalized spacial score (nSPS) is 19.0. The van der Waals surface area contributed by atoms with Crippen LogP contribution in [0.1, 0.15) is 38.3 Å². The third-order valence-electron chi connectivity index (χ3n) is 5.74. The van der Waals surface area contributed by atoms with Gasteiger partial charge in [0.2, 0.25) is 5.91 Å². The van der Waals surface area contributed by atoms with Gasteiger partial charge in [-0.15, -0.1) is 5.10 Å². The third-order valence-corrected chi connectivity index (χ3v) is 6.03. The van der Waals surface area contributed by atoms with E-state index in [1.807, 2.05) is 0 Å². The summed E-state index contributed by atoms with van der Waals surface area (Å²) in [6.45, 7) is 3.06. The molecule has 2 aliphatic rings. The molecule has 30 heavy (non-hydrogen) atoms. The number of H-pyrrole nitrogens is 1. The van der Waals surface area contributed by atoms with Crippen LogP contribution in [0.15, 0.2) is 15.3 Å². The minimum Gasteiger partial charge on any atom is -0.403 e. The molecule has 0 radical (unpaired) electrons. The summed E-state index contributed by atoms with van der Waals surface area (Å²) in [7, 11) is 0. The molecule has 2 aromatic heterocycles. The van der Waals surface area contributed by atoms with Crippen molar-refractivity contribution in [2.24, 2.45) is 5.41 Å². The lowest BCUT2D eigenvalue weighted by molar-refractivity contribution is -0.141. The van der Waals surface area contributed by atoms with Crippen molar-refractivity contribution in [2.45, 2.75) is 44.8 Å². The van der Waals surface area contributed by atoms with Crippen molar-refractivity contribution in [1.82, 2.24) is 20.1 Å². The van der Waals surface area contributed by atoms with Crippen LogP contribution in [0.25, 0.3) is 11.5 Å². The number of aromatic nitrogens is 3. The minimum atomic E-state index is -4.81. The van der Waals surface area contributed by atoms with E-state index in [1.165, 1.54) is 12.8 Å². The van der Waals surface area contributed by atoms with Gasteiger partial charge >= 0.3 is 12.2 Å². The van der Waals surface area contributed by atoms with Crippen molar-refractivity contribution >= 4 is 23.5 Å². The molecule has 162 valence electrons. The first-order valence-electron chi connectivity index (χ1n) is 9.47. The number of amides is 1. The van der Waals surface area contributed by atoms with E-state index >= 15 is 0 Å². The van der Waals surface area contributed by atoms with Crippen LogP contribution in [0, 0.1) is 5.41 Å². The summed E-state index contributed by atoms with van der Waals surface area (Å²) in [4.78, 5) is 28.1. The Kier molecular flexibility index (Phi) is 5.03. The van der Waals surface area contributed by atoms with Crippen molar-refractivity contribution in [3.8, 4) is 11.5 Å². The number of nitrogens with one attached hydrogen (secondary N) is 2. The Bertz CT molecular complexity index is 1020. The Balaban J connectivity index is 1.44. The number of hydrogen-bond donors (Lipinski definition) is 2. The van der Waals surface area contributed by atoms with Gasteiger partial charge in [0.15, 0.2) is 0 Å². The zero-order valence-electron chi connectivity index (χ0n) is 16.0. The van der Waals surface area contributed by atoms with Gasteiger partial charge in [-0.2, -0.15) is 13.2 Å². The average Bonchev–Trinajstić information content (AvgIpc) is 3.27. The highest BCUT2D eigenvalue weighted by Gasteiger charge is 2.45. The van der Waals surface area contributed by atoms with Crippen LogP contribution in [-0.2, 0) is 11.0 Å². The largest absolute Gasteiger partial charge is 0.432 e. The maximum atomic E-state index is 12.8. The second-order valence-electron chi connectivity index (χ2n) is 7.84. The van der Waals surface area contributed by atoms with Gasteiger partial charge in [0.1, 0.15) is 17.3 Å². The van der Waals surface area contributed by atoms with Gasteiger partial charge in [-0.05, 0) is 44.1 Å². The third kappa shape index (κ3) is 4.03. The summed E-state index contributed by atoms with van der Waals surface area (Å²) in [5.41, 5.74) is -2.29. The summed E-state index contributed by atoms with van der Waals surface area (Å²) in [5.74, 6) is -0.427. The highest BCUT2D eigenvalue weighted by Crippen LogP contribution is 2.53. The Hall–Kier alpha value is -2.56. The molecule has 1 aliphatic heterocycles. The number of rotatable bonds is 4. The molecule has 1 spiro atoms. The first kappa shape index (κ1) is 20.7. The van der Waals surface area contributed by atoms with E-state index in [2.05, 4.69) is 15.5 Å². The summed E-state index contributed by atoms with van der Waals surface area (Å²) >= 11 is 5.63. The molecule has 0 bridgehead atoms. The maximum Gasteiger partial charge on any atom is 0.432 e. The molecule has 1 aliphatic carbocycles. The maximum absolute atomic E-state index is 12.8. The van der Waals surface area contributed by atoms with E-state index in [-0.39, 0.29) is 23.4 Å². The molecule has 1 saturated heterocycles. The zero-order valence-corrected chi connectivity index (χ0v) is 16.7.